The molecule has 1 aliphatic carbocycles. The second-order valence-corrected chi connectivity index (χ2v) is 5.91. The fraction of sp³-hybridized carbons (Fsp3) is 0.917. The molecule has 2 N–H and O–H groups in total. The third-order valence-electron chi connectivity index (χ3n) is 3.21. The van der Waals surface area contributed by atoms with Crippen molar-refractivity contribution in [2.75, 3.05) is 7.05 Å². The van der Waals surface area contributed by atoms with Gasteiger partial charge in [0.25, 0.3) is 0 Å². The highest BCUT2D eigenvalue weighted by Crippen LogP contribution is 2.46. The van der Waals surface area contributed by atoms with Crippen LogP contribution in [0.5, 0.6) is 0 Å². The molecular formula is C12H23NO3. The van der Waals surface area contributed by atoms with Gasteiger partial charge in [0.15, 0.2) is 0 Å². The van der Waals surface area contributed by atoms with Crippen molar-refractivity contribution in [1.82, 2.24) is 5.48 Å². The molecule has 0 radical (unpaired) electrons. The largest absolute Gasteiger partial charge is 0.481 e. The fourth-order valence-electron chi connectivity index (χ4n) is 3.41. The molecule has 0 aromatic heterocycles. The number of nitrogens with one attached hydrogen (secondary N) is 1. The topological polar surface area (TPSA) is 58.6 Å². The summed E-state index contributed by atoms with van der Waals surface area (Å²) < 4.78 is 0. The van der Waals surface area contributed by atoms with Crippen molar-refractivity contribution in [3.05, 3.63) is 0 Å². The molecule has 1 saturated carbocycles. The van der Waals surface area contributed by atoms with E-state index < -0.39 is 11.6 Å². The zero-order valence-electron chi connectivity index (χ0n) is 10.7. The van der Waals surface area contributed by atoms with Gasteiger partial charge in [-0.15, -0.1) is 0 Å². The Balaban J connectivity index is 2.86. The van der Waals surface area contributed by atoms with Gasteiger partial charge in [-0.1, -0.05) is 20.8 Å². The van der Waals surface area contributed by atoms with Crippen LogP contribution in [0.15, 0.2) is 0 Å². The van der Waals surface area contributed by atoms with Crippen LogP contribution >= 0.6 is 0 Å². The van der Waals surface area contributed by atoms with Crippen molar-refractivity contribution in [1.29, 1.82) is 0 Å². The first-order valence-electron chi connectivity index (χ1n) is 5.85. The monoisotopic (exact) mass is 229 g/mol. The zero-order valence-corrected chi connectivity index (χ0v) is 10.7. The molecule has 1 rings (SSSR count). The Kier molecular flexibility index (Phi) is 3.97. The van der Waals surface area contributed by atoms with E-state index in [4.69, 9.17) is 9.94 Å². The molecule has 0 amide bonds. The average molecular weight is 229 g/mol. The van der Waals surface area contributed by atoms with Gasteiger partial charge in [-0.05, 0) is 30.6 Å². The number of rotatable bonds is 4. The first-order valence-corrected chi connectivity index (χ1v) is 5.85. The lowest BCUT2D eigenvalue weighted by Crippen LogP contribution is -2.48. The molecule has 0 spiro atoms. The molecule has 1 aliphatic rings. The Morgan fingerprint density at radius 3 is 2.56 bits per heavy atom. The summed E-state index contributed by atoms with van der Waals surface area (Å²) in [6.07, 6.45) is 2.80. The van der Waals surface area contributed by atoms with E-state index in [0.29, 0.717) is 5.92 Å². The van der Waals surface area contributed by atoms with E-state index >= 15 is 0 Å². The Morgan fingerprint density at radius 2 is 2.12 bits per heavy atom. The van der Waals surface area contributed by atoms with Crippen molar-refractivity contribution in [3.8, 4) is 0 Å². The Bertz CT molecular complexity index is 265. The van der Waals surface area contributed by atoms with E-state index in [1.54, 1.807) is 7.05 Å². The molecule has 16 heavy (non-hydrogen) atoms. The van der Waals surface area contributed by atoms with Crippen molar-refractivity contribution in [2.24, 2.45) is 11.3 Å². The summed E-state index contributed by atoms with van der Waals surface area (Å²) in [5.74, 6) is -0.295. The molecule has 0 aromatic carbocycles. The van der Waals surface area contributed by atoms with Crippen LogP contribution in [0.1, 0.15) is 46.5 Å². The predicted molar refractivity (Wildman–Crippen MR) is 61.9 cm³/mol. The Hall–Kier alpha value is -0.610. The van der Waals surface area contributed by atoms with Gasteiger partial charge in [-0.3, -0.25) is 9.63 Å². The summed E-state index contributed by atoms with van der Waals surface area (Å²) >= 11 is 0. The van der Waals surface area contributed by atoms with Gasteiger partial charge >= 0.3 is 5.97 Å². The predicted octanol–water partition coefficient (Wildman–Crippen LogP) is 2.20. The van der Waals surface area contributed by atoms with E-state index in [9.17, 15) is 4.79 Å². The molecular weight excluding hydrogens is 206 g/mol. The number of hydrogen-bond donors (Lipinski definition) is 2. The van der Waals surface area contributed by atoms with Crippen LogP contribution in [0.4, 0.5) is 0 Å². The maximum Gasteiger partial charge on any atom is 0.306 e. The van der Waals surface area contributed by atoms with Gasteiger partial charge in [-0.2, -0.15) is 0 Å². The first-order chi connectivity index (χ1) is 7.29. The lowest BCUT2D eigenvalue weighted by atomic mass is 9.65. The summed E-state index contributed by atoms with van der Waals surface area (Å²) in [6.45, 7) is 6.52. The van der Waals surface area contributed by atoms with Crippen molar-refractivity contribution in [2.45, 2.75) is 52.1 Å². The normalized spacial score (nSPS) is 33.6. The molecule has 0 bridgehead atoms. The number of hydrogen-bond acceptors (Lipinski definition) is 3. The van der Waals surface area contributed by atoms with E-state index in [0.717, 1.165) is 19.3 Å². The van der Waals surface area contributed by atoms with Crippen molar-refractivity contribution in [3.63, 3.8) is 0 Å². The van der Waals surface area contributed by atoms with Gasteiger partial charge in [0.1, 0.15) is 5.60 Å². The second kappa shape index (κ2) is 4.72. The molecule has 2 atom stereocenters. The molecule has 4 heteroatoms. The summed E-state index contributed by atoms with van der Waals surface area (Å²) in [6, 6.07) is 0. The van der Waals surface area contributed by atoms with Crippen LogP contribution in [0.25, 0.3) is 0 Å². The SMILES string of the molecule is CNOC1(CC(=O)O)CC(C)CC(C)(C)C1. The standard InChI is InChI=1S/C12H23NO3/c1-9-5-11(2,3)8-12(6-9,16-13-4)7-10(14)15/h9,13H,5-8H2,1-4H3,(H,14,15). The number of hydroxylamine groups is 1. The average Bonchev–Trinajstić information content (AvgIpc) is 1.96. The lowest BCUT2D eigenvalue weighted by molar-refractivity contribution is -0.171. The molecule has 94 valence electrons. The molecule has 0 heterocycles. The number of carbonyl (C=O) groups is 1. The van der Waals surface area contributed by atoms with Gasteiger partial charge in [-0.25, -0.2) is 5.48 Å². The fourth-order valence-corrected chi connectivity index (χ4v) is 3.41. The molecule has 2 unspecified atom stereocenters. The quantitative estimate of drug-likeness (QED) is 0.726. The zero-order chi connectivity index (χ0) is 12.4. The van der Waals surface area contributed by atoms with Crippen molar-refractivity contribution >= 4 is 5.97 Å². The molecule has 0 saturated heterocycles. The van der Waals surface area contributed by atoms with Crippen LogP contribution in [-0.2, 0) is 9.63 Å². The van der Waals surface area contributed by atoms with Crippen LogP contribution in [0.3, 0.4) is 0 Å². The van der Waals surface area contributed by atoms with Crippen LogP contribution in [-0.4, -0.2) is 23.7 Å². The minimum Gasteiger partial charge on any atom is -0.481 e. The van der Waals surface area contributed by atoms with Crippen LogP contribution in [0.2, 0.25) is 0 Å². The molecule has 1 fully saturated rings. The Morgan fingerprint density at radius 1 is 1.50 bits per heavy atom. The van der Waals surface area contributed by atoms with Crippen LogP contribution < -0.4 is 5.48 Å². The van der Waals surface area contributed by atoms with Gasteiger partial charge in [0.05, 0.1) is 6.42 Å². The van der Waals surface area contributed by atoms with Gasteiger partial charge < -0.3 is 5.11 Å². The lowest BCUT2D eigenvalue weighted by Gasteiger charge is -2.46. The number of carboxylic acid groups (broad SMARTS) is 1. The van der Waals surface area contributed by atoms with Gasteiger partial charge in [0.2, 0.25) is 0 Å². The first kappa shape index (κ1) is 13.5. The highest BCUT2D eigenvalue weighted by molar-refractivity contribution is 5.68. The smallest absolute Gasteiger partial charge is 0.306 e. The third kappa shape index (κ3) is 3.46. The summed E-state index contributed by atoms with van der Waals surface area (Å²) in [5, 5.41) is 9.01. The second-order valence-electron chi connectivity index (χ2n) is 5.91. The molecule has 4 nitrogen and oxygen atoms in total. The molecule has 0 aliphatic heterocycles. The number of carboxylic acids is 1. The summed E-state index contributed by atoms with van der Waals surface area (Å²) in [7, 11) is 1.69. The minimum absolute atomic E-state index is 0.0710. The van der Waals surface area contributed by atoms with E-state index in [2.05, 4.69) is 26.3 Å². The highest BCUT2D eigenvalue weighted by Gasteiger charge is 2.45. The summed E-state index contributed by atoms with van der Waals surface area (Å²) in [4.78, 5) is 16.5. The minimum atomic E-state index is -0.792. The Labute approximate surface area is 97.3 Å². The maximum absolute atomic E-state index is 11.0. The van der Waals surface area contributed by atoms with Crippen molar-refractivity contribution < 1.29 is 14.7 Å². The van der Waals surface area contributed by atoms with Gasteiger partial charge in [0, 0.05) is 7.05 Å². The van der Waals surface area contributed by atoms with E-state index in [1.165, 1.54) is 0 Å². The highest BCUT2D eigenvalue weighted by atomic mass is 16.7. The molecule has 0 aromatic rings. The van der Waals surface area contributed by atoms with E-state index in [-0.39, 0.29) is 11.8 Å². The van der Waals surface area contributed by atoms with Crippen LogP contribution in [0, 0.1) is 11.3 Å². The van der Waals surface area contributed by atoms with E-state index in [1.807, 2.05) is 0 Å². The summed E-state index contributed by atoms with van der Waals surface area (Å²) in [5.41, 5.74) is 2.27. The third-order valence-corrected chi connectivity index (χ3v) is 3.21. The maximum atomic E-state index is 11.0. The number of aliphatic carboxylic acids is 1.